The van der Waals surface area contributed by atoms with Gasteiger partial charge in [0.15, 0.2) is 0 Å². The summed E-state index contributed by atoms with van der Waals surface area (Å²) in [4.78, 5) is 2.64. The Hall–Kier alpha value is -0.697. The van der Waals surface area contributed by atoms with E-state index in [-0.39, 0.29) is 51.0 Å². The third-order valence-electron chi connectivity index (χ3n) is 5.58. The van der Waals surface area contributed by atoms with Crippen LogP contribution in [0.25, 0.3) is 22.3 Å². The molecule has 0 aromatic heterocycles. The van der Waals surface area contributed by atoms with Crippen LogP contribution in [0.2, 0.25) is 0 Å². The minimum Gasteiger partial charge on any atom is -1.00 e. The van der Waals surface area contributed by atoms with Crippen LogP contribution in [0.5, 0.6) is 0 Å². The minimum atomic E-state index is 0. The molecule has 0 unspecified atom stereocenters. The van der Waals surface area contributed by atoms with Crippen molar-refractivity contribution in [3.8, 4) is 22.3 Å². The molecule has 4 aromatic rings. The molecule has 0 aliphatic heterocycles. The van der Waals surface area contributed by atoms with Gasteiger partial charge in [-0.3, -0.25) is 0 Å². The number of halogens is 2. The summed E-state index contributed by atoms with van der Waals surface area (Å²) < 4.78 is 0. The number of rotatable bonds is 4. The van der Waals surface area contributed by atoms with E-state index in [0.717, 1.165) is 0 Å². The molecule has 0 heterocycles. The van der Waals surface area contributed by atoms with Gasteiger partial charge in [0.05, 0.1) is 0 Å². The molecule has 0 aliphatic rings. The third kappa shape index (κ3) is 8.79. The van der Waals surface area contributed by atoms with Crippen LogP contribution in [0.15, 0.2) is 82.6 Å². The Balaban J connectivity index is 0.000000569. The summed E-state index contributed by atoms with van der Waals surface area (Å²) in [6, 6.07) is 26.5. The molecule has 0 atom stereocenters. The molecule has 172 valence electrons. The monoisotopic (exact) mass is 590 g/mol. The van der Waals surface area contributed by atoms with Crippen molar-refractivity contribution in [1.29, 1.82) is 0 Å². The Morgan fingerprint density at radius 2 is 0.727 bits per heavy atom. The molecule has 0 saturated heterocycles. The molecule has 0 radical (unpaired) electrons. The van der Waals surface area contributed by atoms with Crippen molar-refractivity contribution in [3.63, 3.8) is 0 Å². The van der Waals surface area contributed by atoms with Gasteiger partial charge in [-0.2, -0.15) is 0 Å². The van der Waals surface area contributed by atoms with E-state index < -0.39 is 0 Å². The first-order valence-corrected chi connectivity index (χ1v) is 12.6. The van der Waals surface area contributed by atoms with Crippen LogP contribution in [0, 0.1) is 27.7 Å². The van der Waals surface area contributed by atoms with Crippen LogP contribution in [0.1, 0.15) is 22.3 Å². The van der Waals surface area contributed by atoms with Crippen molar-refractivity contribution < 1.29 is 51.0 Å². The topological polar surface area (TPSA) is 0 Å². The van der Waals surface area contributed by atoms with Gasteiger partial charge in [0.25, 0.3) is 0 Å². The van der Waals surface area contributed by atoms with Crippen molar-refractivity contribution in [2.75, 3.05) is 12.5 Å². The van der Waals surface area contributed by atoms with Gasteiger partial charge in [-0.25, -0.2) is 0 Å². The largest absolute Gasteiger partial charge is 4.00 e. The molecule has 4 aromatic carbocycles. The van der Waals surface area contributed by atoms with Gasteiger partial charge in [0.2, 0.25) is 0 Å². The molecule has 0 N–H and O–H groups in total. The van der Waals surface area contributed by atoms with Crippen LogP contribution < -0.4 is 24.8 Å². The number of hydrogen-bond donors (Lipinski definition) is 0. The Morgan fingerprint density at radius 1 is 0.485 bits per heavy atom. The van der Waals surface area contributed by atoms with E-state index in [4.69, 9.17) is 0 Å². The molecule has 0 amide bonds. The molecule has 0 nitrogen and oxygen atoms in total. The van der Waals surface area contributed by atoms with E-state index in [1.807, 2.05) is 0 Å². The average molecular weight is 593 g/mol. The van der Waals surface area contributed by atoms with Gasteiger partial charge in [0.1, 0.15) is 0 Å². The summed E-state index contributed by atoms with van der Waals surface area (Å²) in [5, 5.41) is 0. The van der Waals surface area contributed by atoms with E-state index in [9.17, 15) is 0 Å². The first kappa shape index (κ1) is 32.3. The van der Waals surface area contributed by atoms with Gasteiger partial charge in [-0.05, 0) is 22.3 Å². The van der Waals surface area contributed by atoms with Crippen LogP contribution in [0.4, 0.5) is 0 Å². The molecular weight excluding hydrogens is 563 g/mol. The van der Waals surface area contributed by atoms with Gasteiger partial charge >= 0.3 is 26.2 Å². The smallest absolute Gasteiger partial charge is 1.00 e. The Kier molecular flexibility index (Phi) is 15.0. The number of hydrogen-bond acceptors (Lipinski definition) is 2. The summed E-state index contributed by atoms with van der Waals surface area (Å²) in [7, 11) is 0. The number of benzene rings is 2. The maximum absolute atomic E-state index is 2.25. The summed E-state index contributed by atoms with van der Waals surface area (Å²) in [6.07, 6.45) is 4.21. The van der Waals surface area contributed by atoms with Gasteiger partial charge in [0, 0.05) is 0 Å². The number of aryl methyl sites for hydroxylation is 4. The molecule has 5 heteroatoms. The minimum absolute atomic E-state index is 0. The maximum atomic E-state index is 2.25. The first-order chi connectivity index (χ1) is 14.4. The third-order valence-corrected chi connectivity index (χ3v) is 7.07. The zero-order valence-electron chi connectivity index (χ0n) is 20.0. The van der Waals surface area contributed by atoms with Crippen molar-refractivity contribution in [3.05, 3.63) is 95.1 Å². The van der Waals surface area contributed by atoms with Crippen LogP contribution in [-0.2, 0) is 26.2 Å². The average Bonchev–Trinajstić information content (AvgIpc) is 3.29. The molecule has 33 heavy (non-hydrogen) atoms. The molecular formula is C28H30Cl2S2Zr. The molecule has 4 rings (SSSR count). The second kappa shape index (κ2) is 15.3. The summed E-state index contributed by atoms with van der Waals surface area (Å²) in [6.45, 7) is 8.65. The molecule has 0 spiro atoms. The Labute approximate surface area is 240 Å². The quantitative estimate of drug-likeness (QED) is 0.264. The van der Waals surface area contributed by atoms with Crippen LogP contribution in [0.3, 0.4) is 0 Å². The van der Waals surface area contributed by atoms with Gasteiger partial charge < -0.3 is 24.8 Å². The van der Waals surface area contributed by atoms with Gasteiger partial charge in [-0.15, -0.1) is 105 Å². The molecule has 0 fully saturated rings. The molecule has 0 saturated carbocycles. The van der Waals surface area contributed by atoms with E-state index in [2.05, 4.69) is 113 Å². The van der Waals surface area contributed by atoms with Crippen molar-refractivity contribution >= 4 is 23.5 Å². The van der Waals surface area contributed by atoms with Crippen LogP contribution in [-0.4, -0.2) is 12.5 Å². The fourth-order valence-electron chi connectivity index (χ4n) is 3.37. The van der Waals surface area contributed by atoms with Crippen molar-refractivity contribution in [2.45, 2.75) is 37.5 Å². The zero-order valence-corrected chi connectivity index (χ0v) is 25.6. The predicted molar refractivity (Wildman–Crippen MR) is 137 cm³/mol. The predicted octanol–water partition coefficient (Wildman–Crippen LogP) is 2.83. The van der Waals surface area contributed by atoms with Gasteiger partial charge in [-0.1, -0.05) is 63.1 Å². The summed E-state index contributed by atoms with van der Waals surface area (Å²) in [5.41, 5.74) is 10.8. The molecule has 0 aliphatic carbocycles. The number of thioether (sulfide) groups is 2. The summed E-state index contributed by atoms with van der Waals surface area (Å²) >= 11 is 3.56. The van der Waals surface area contributed by atoms with E-state index in [1.165, 1.54) is 54.3 Å². The molecule has 0 bridgehead atoms. The van der Waals surface area contributed by atoms with E-state index in [0.29, 0.717) is 0 Å². The SMILES string of the molecule is CSc1ccc(-[c-]2cc(C)c(C)c2)cc1.CSc1ccc(-[c-]2cc(C)c(C)c2)cc1.[Cl-].[Cl-].[Zr+4]. The van der Waals surface area contributed by atoms with E-state index >= 15 is 0 Å². The zero-order chi connectivity index (χ0) is 21.7. The van der Waals surface area contributed by atoms with E-state index in [1.54, 1.807) is 23.5 Å². The normalized spacial score (nSPS) is 9.64. The second-order valence-electron chi connectivity index (χ2n) is 7.68. The fraction of sp³-hybridized carbons (Fsp3) is 0.214. The van der Waals surface area contributed by atoms with Crippen molar-refractivity contribution in [1.82, 2.24) is 0 Å². The first-order valence-electron chi connectivity index (χ1n) is 10.2. The second-order valence-corrected chi connectivity index (χ2v) is 9.44. The Morgan fingerprint density at radius 3 is 0.939 bits per heavy atom. The van der Waals surface area contributed by atoms with Crippen LogP contribution >= 0.6 is 23.5 Å². The van der Waals surface area contributed by atoms with Crippen molar-refractivity contribution in [2.24, 2.45) is 0 Å². The Bertz CT molecular complexity index is 965. The fourth-order valence-corrected chi connectivity index (χ4v) is 4.19. The maximum Gasteiger partial charge on any atom is 4.00 e. The summed E-state index contributed by atoms with van der Waals surface area (Å²) in [5.74, 6) is 0. The standard InChI is InChI=1S/2C14H15S.2ClH.Zr/c2*1-10-8-13(9-11(10)2)12-4-6-14(15-3)7-5-12;;;/h2*4-9H,1-3H3;2*1H;/q2*-1;;;+4/p-2.